The lowest BCUT2D eigenvalue weighted by molar-refractivity contribution is -0.140. The number of rotatable bonds is 7. The van der Waals surface area contributed by atoms with Crippen LogP contribution in [0, 0.1) is 5.92 Å². The van der Waals surface area contributed by atoms with Crippen molar-refractivity contribution in [1.82, 2.24) is 5.32 Å². The molecule has 0 bridgehead atoms. The first-order valence-corrected chi connectivity index (χ1v) is 6.17. The highest BCUT2D eigenvalue weighted by atomic mass is 16.5. The van der Waals surface area contributed by atoms with Crippen molar-refractivity contribution in [3.05, 3.63) is 29.8 Å². The van der Waals surface area contributed by atoms with E-state index < -0.39 is 12.0 Å². The Kier molecular flexibility index (Phi) is 5.65. The van der Waals surface area contributed by atoms with Crippen molar-refractivity contribution < 1.29 is 14.6 Å². The van der Waals surface area contributed by atoms with Gasteiger partial charge in [-0.3, -0.25) is 4.79 Å². The minimum atomic E-state index is -0.794. The van der Waals surface area contributed by atoms with Crippen molar-refractivity contribution in [3.8, 4) is 5.75 Å². The Balaban J connectivity index is 2.58. The van der Waals surface area contributed by atoms with E-state index in [4.69, 9.17) is 9.84 Å². The van der Waals surface area contributed by atoms with Crippen LogP contribution in [-0.2, 0) is 11.3 Å². The van der Waals surface area contributed by atoms with Crippen LogP contribution < -0.4 is 10.1 Å². The summed E-state index contributed by atoms with van der Waals surface area (Å²) in [6.07, 6.45) is 0.840. The topological polar surface area (TPSA) is 58.6 Å². The van der Waals surface area contributed by atoms with E-state index in [1.807, 2.05) is 38.1 Å². The molecule has 0 unspecified atom stereocenters. The number of nitrogens with one attached hydrogen (secondary N) is 1. The van der Waals surface area contributed by atoms with Crippen LogP contribution in [0.1, 0.15) is 25.8 Å². The Morgan fingerprint density at radius 2 is 2.00 bits per heavy atom. The lowest BCUT2D eigenvalue weighted by Gasteiger charge is -2.20. The molecule has 0 radical (unpaired) electrons. The molecule has 4 nitrogen and oxygen atoms in total. The molecule has 100 valence electrons. The maximum atomic E-state index is 11.1. The molecule has 4 heteroatoms. The lowest BCUT2D eigenvalue weighted by atomic mass is 9.99. The van der Waals surface area contributed by atoms with Crippen LogP contribution in [-0.4, -0.2) is 24.2 Å². The van der Waals surface area contributed by atoms with Gasteiger partial charge in [-0.1, -0.05) is 32.4 Å². The molecule has 0 saturated carbocycles. The molecule has 0 fully saturated rings. The SMILES string of the molecule is CC[C@H](C)[C@H](NCc1ccc(OC)cc1)C(=O)O. The molecule has 0 saturated heterocycles. The Bertz CT molecular complexity index is 375. The zero-order chi connectivity index (χ0) is 13.5. The summed E-state index contributed by atoms with van der Waals surface area (Å²) in [4.78, 5) is 11.1. The van der Waals surface area contributed by atoms with Crippen LogP contribution >= 0.6 is 0 Å². The van der Waals surface area contributed by atoms with Gasteiger partial charge in [0.1, 0.15) is 11.8 Å². The van der Waals surface area contributed by atoms with Crippen LogP contribution in [0.3, 0.4) is 0 Å². The number of carbonyl (C=O) groups is 1. The summed E-state index contributed by atoms with van der Waals surface area (Å²) in [5.41, 5.74) is 1.05. The molecule has 0 spiro atoms. The van der Waals surface area contributed by atoms with Crippen molar-refractivity contribution in [1.29, 1.82) is 0 Å². The van der Waals surface area contributed by atoms with E-state index in [2.05, 4.69) is 5.32 Å². The average Bonchev–Trinajstić information content (AvgIpc) is 2.39. The Morgan fingerprint density at radius 1 is 1.39 bits per heavy atom. The first-order valence-electron chi connectivity index (χ1n) is 6.17. The van der Waals surface area contributed by atoms with Gasteiger partial charge in [0.2, 0.25) is 0 Å². The van der Waals surface area contributed by atoms with Gasteiger partial charge in [-0.25, -0.2) is 0 Å². The van der Waals surface area contributed by atoms with Crippen LogP contribution in [0.25, 0.3) is 0 Å². The van der Waals surface area contributed by atoms with Gasteiger partial charge in [0.05, 0.1) is 7.11 Å². The Hall–Kier alpha value is -1.55. The minimum absolute atomic E-state index is 0.112. The zero-order valence-corrected chi connectivity index (χ0v) is 11.1. The fourth-order valence-corrected chi connectivity index (χ4v) is 1.74. The van der Waals surface area contributed by atoms with E-state index in [1.165, 1.54) is 0 Å². The number of methoxy groups -OCH3 is 1. The van der Waals surface area contributed by atoms with E-state index in [1.54, 1.807) is 7.11 Å². The summed E-state index contributed by atoms with van der Waals surface area (Å²) < 4.78 is 5.07. The standard InChI is InChI=1S/C14H21NO3/c1-4-10(2)13(14(16)17)15-9-11-5-7-12(18-3)8-6-11/h5-8,10,13,15H,4,9H2,1-3H3,(H,16,17)/t10-,13-/m0/s1. The van der Waals surface area contributed by atoms with E-state index in [9.17, 15) is 4.79 Å². The second-order valence-electron chi connectivity index (χ2n) is 4.43. The highest BCUT2D eigenvalue weighted by Crippen LogP contribution is 2.13. The molecular formula is C14H21NO3. The molecule has 0 amide bonds. The fourth-order valence-electron chi connectivity index (χ4n) is 1.74. The van der Waals surface area contributed by atoms with Gasteiger partial charge in [0.25, 0.3) is 0 Å². The quantitative estimate of drug-likeness (QED) is 0.780. The van der Waals surface area contributed by atoms with Gasteiger partial charge >= 0.3 is 5.97 Å². The Morgan fingerprint density at radius 3 is 2.44 bits per heavy atom. The number of hydrogen-bond donors (Lipinski definition) is 2. The molecule has 0 aromatic heterocycles. The third-order valence-corrected chi connectivity index (χ3v) is 3.16. The lowest BCUT2D eigenvalue weighted by Crippen LogP contribution is -2.41. The normalized spacial score (nSPS) is 13.9. The zero-order valence-electron chi connectivity index (χ0n) is 11.1. The van der Waals surface area contributed by atoms with Gasteiger partial charge in [-0.15, -0.1) is 0 Å². The molecule has 2 N–H and O–H groups in total. The van der Waals surface area contributed by atoms with E-state index in [-0.39, 0.29) is 5.92 Å². The third kappa shape index (κ3) is 4.04. The number of carboxylic acid groups (broad SMARTS) is 1. The summed E-state index contributed by atoms with van der Waals surface area (Å²) in [6.45, 7) is 4.49. The molecular weight excluding hydrogens is 230 g/mol. The maximum Gasteiger partial charge on any atom is 0.320 e. The Labute approximate surface area is 108 Å². The molecule has 0 aliphatic heterocycles. The van der Waals surface area contributed by atoms with E-state index >= 15 is 0 Å². The van der Waals surface area contributed by atoms with Crippen molar-refractivity contribution in [2.24, 2.45) is 5.92 Å². The van der Waals surface area contributed by atoms with Gasteiger partial charge < -0.3 is 15.2 Å². The van der Waals surface area contributed by atoms with Crippen LogP contribution in [0.4, 0.5) is 0 Å². The summed E-state index contributed by atoms with van der Waals surface area (Å²) >= 11 is 0. The van der Waals surface area contributed by atoms with E-state index in [0.29, 0.717) is 6.54 Å². The van der Waals surface area contributed by atoms with Gasteiger partial charge in [0, 0.05) is 6.54 Å². The van der Waals surface area contributed by atoms with Crippen molar-refractivity contribution in [2.75, 3.05) is 7.11 Å². The largest absolute Gasteiger partial charge is 0.497 e. The predicted molar refractivity (Wildman–Crippen MR) is 70.7 cm³/mol. The van der Waals surface area contributed by atoms with Crippen molar-refractivity contribution in [3.63, 3.8) is 0 Å². The molecule has 0 aliphatic carbocycles. The van der Waals surface area contributed by atoms with Crippen molar-refractivity contribution in [2.45, 2.75) is 32.9 Å². The summed E-state index contributed by atoms with van der Waals surface area (Å²) in [5, 5.41) is 12.2. The molecule has 18 heavy (non-hydrogen) atoms. The molecule has 1 rings (SSSR count). The van der Waals surface area contributed by atoms with E-state index in [0.717, 1.165) is 17.7 Å². The second-order valence-corrected chi connectivity index (χ2v) is 4.43. The summed E-state index contributed by atoms with van der Waals surface area (Å²) in [7, 11) is 1.62. The molecule has 0 aliphatic rings. The maximum absolute atomic E-state index is 11.1. The van der Waals surface area contributed by atoms with Gasteiger partial charge in [0.15, 0.2) is 0 Å². The van der Waals surface area contributed by atoms with Crippen LogP contribution in [0.2, 0.25) is 0 Å². The molecule has 0 heterocycles. The number of aliphatic carboxylic acids is 1. The molecule has 2 atom stereocenters. The highest BCUT2D eigenvalue weighted by Gasteiger charge is 2.22. The first kappa shape index (κ1) is 14.5. The molecule has 1 aromatic carbocycles. The number of carboxylic acids is 1. The average molecular weight is 251 g/mol. The summed E-state index contributed by atoms with van der Waals surface area (Å²) in [5.74, 6) is 0.120. The summed E-state index contributed by atoms with van der Waals surface area (Å²) in [6, 6.07) is 7.10. The monoisotopic (exact) mass is 251 g/mol. The molecule has 1 aromatic rings. The van der Waals surface area contributed by atoms with Gasteiger partial charge in [-0.05, 0) is 23.6 Å². The fraction of sp³-hybridized carbons (Fsp3) is 0.500. The first-order chi connectivity index (χ1) is 8.58. The predicted octanol–water partition coefficient (Wildman–Crippen LogP) is 2.28. The second kappa shape index (κ2) is 7.01. The number of ether oxygens (including phenoxy) is 1. The van der Waals surface area contributed by atoms with Crippen LogP contribution in [0.15, 0.2) is 24.3 Å². The smallest absolute Gasteiger partial charge is 0.320 e. The third-order valence-electron chi connectivity index (χ3n) is 3.16. The van der Waals surface area contributed by atoms with Crippen molar-refractivity contribution >= 4 is 5.97 Å². The minimum Gasteiger partial charge on any atom is -0.497 e. The van der Waals surface area contributed by atoms with Gasteiger partial charge in [-0.2, -0.15) is 0 Å². The number of benzene rings is 1. The van der Waals surface area contributed by atoms with Crippen LogP contribution in [0.5, 0.6) is 5.75 Å². The highest BCUT2D eigenvalue weighted by molar-refractivity contribution is 5.73. The number of hydrogen-bond acceptors (Lipinski definition) is 3.